The highest BCUT2D eigenvalue weighted by molar-refractivity contribution is 6.77. The van der Waals surface area contributed by atoms with Gasteiger partial charge in [-0.25, -0.2) is 19.6 Å². The van der Waals surface area contributed by atoms with Gasteiger partial charge in [-0.3, -0.25) is 9.59 Å². The number of nitrogens with zero attached hydrogens (tertiary/aromatic N) is 5. The molecular weight excluding hydrogens is 807 g/mol. The van der Waals surface area contributed by atoms with Crippen molar-refractivity contribution >= 4 is 43.1 Å². The first kappa shape index (κ1) is 42.6. The van der Waals surface area contributed by atoms with E-state index < -0.39 is 32.5 Å². The molecule has 16 nitrogen and oxygen atoms in total. The van der Waals surface area contributed by atoms with Crippen LogP contribution in [-0.4, -0.2) is 99.1 Å². The third kappa shape index (κ3) is 7.71. The van der Waals surface area contributed by atoms with E-state index in [2.05, 4.69) is 74.7 Å². The van der Waals surface area contributed by atoms with Crippen molar-refractivity contribution in [2.75, 3.05) is 20.8 Å². The Balaban J connectivity index is 1.03. The molecule has 0 spiro atoms. The number of benzene rings is 2. The Kier molecular flexibility index (Phi) is 11.4. The van der Waals surface area contributed by atoms with Gasteiger partial charge < -0.3 is 48.8 Å². The van der Waals surface area contributed by atoms with E-state index in [-0.39, 0.29) is 42.0 Å². The summed E-state index contributed by atoms with van der Waals surface area (Å²) in [5, 5.41) is 6.53. The molecule has 0 bridgehead atoms. The number of nitrogens with one attached hydrogen (secondary N) is 4. The van der Waals surface area contributed by atoms with E-state index in [4.69, 9.17) is 24.2 Å². The fourth-order valence-electron chi connectivity index (χ4n) is 9.46. The first-order chi connectivity index (χ1) is 29.6. The molecule has 17 heteroatoms. The molecule has 8 rings (SSSR count). The number of alkyl carbamates (subject to hydrolysis) is 2. The van der Waals surface area contributed by atoms with Crippen LogP contribution in [0.1, 0.15) is 83.8 Å². The number of aromatic nitrogens is 5. The lowest BCUT2D eigenvalue weighted by molar-refractivity contribution is -0.135. The smallest absolute Gasteiger partial charge is 0.407 e. The number of fused-ring (bicyclic) bond motifs is 5. The fourth-order valence-corrected chi connectivity index (χ4v) is 12.5. The largest absolute Gasteiger partial charge is 0.470 e. The highest BCUT2D eigenvalue weighted by Gasteiger charge is 2.48. The predicted octanol–water partition coefficient (Wildman–Crippen LogP) is 7.90. The second-order valence-electron chi connectivity index (χ2n) is 17.9. The molecule has 0 saturated carbocycles. The lowest BCUT2D eigenvalue weighted by Gasteiger charge is -2.37. The van der Waals surface area contributed by atoms with Gasteiger partial charge in [0.2, 0.25) is 11.8 Å². The van der Waals surface area contributed by atoms with Crippen molar-refractivity contribution in [1.29, 1.82) is 0 Å². The Morgan fingerprint density at radius 3 is 2.03 bits per heavy atom. The molecule has 2 aromatic carbocycles. The van der Waals surface area contributed by atoms with Crippen LogP contribution < -0.4 is 15.4 Å². The Bertz CT molecular complexity index is 2520. The number of aromatic amines is 2. The molecule has 2 fully saturated rings. The van der Waals surface area contributed by atoms with Crippen molar-refractivity contribution in [2.45, 2.75) is 103 Å². The molecule has 328 valence electrons. The van der Waals surface area contributed by atoms with Gasteiger partial charge in [-0.1, -0.05) is 52.9 Å². The quantitative estimate of drug-likeness (QED) is 0.101. The lowest BCUT2D eigenvalue weighted by Crippen LogP contribution is -2.57. The van der Waals surface area contributed by atoms with Crippen LogP contribution in [0.25, 0.3) is 44.7 Å². The fraction of sp³-hybridized carbons (Fsp3) is 0.467. The van der Waals surface area contributed by atoms with Crippen LogP contribution in [0.5, 0.6) is 5.75 Å². The van der Waals surface area contributed by atoms with Crippen molar-refractivity contribution in [2.24, 2.45) is 11.8 Å². The minimum absolute atomic E-state index is 0.105. The highest BCUT2D eigenvalue weighted by atomic mass is 28.3. The first-order valence-electron chi connectivity index (χ1n) is 21.5. The topological polar surface area (TPSA) is 189 Å². The molecule has 3 aliphatic heterocycles. The maximum Gasteiger partial charge on any atom is 0.407 e. The number of amides is 4. The lowest BCUT2D eigenvalue weighted by atomic mass is 10.0. The van der Waals surface area contributed by atoms with Crippen LogP contribution in [-0.2, 0) is 19.1 Å². The summed E-state index contributed by atoms with van der Waals surface area (Å²) >= 11 is 0. The van der Waals surface area contributed by atoms with Crippen molar-refractivity contribution in [3.63, 3.8) is 0 Å². The number of ether oxygens (including phenoxy) is 3. The minimum atomic E-state index is -2.16. The zero-order valence-corrected chi connectivity index (χ0v) is 37.9. The van der Waals surface area contributed by atoms with E-state index in [1.807, 2.05) is 62.5 Å². The van der Waals surface area contributed by atoms with Crippen LogP contribution in [0.3, 0.4) is 0 Å². The number of hydrogen-bond donors (Lipinski definition) is 4. The summed E-state index contributed by atoms with van der Waals surface area (Å²) in [7, 11) is 0.431. The SMILES string of the molecule is COC(=O)N[C@H](C(=O)N1CCC[C@H]1c1ncc(-c2ccc3c(c2)cc2n3C(C)Oc3cc(-c4cnc([C@@H]5CC[Si](C)(C)N5C(=O)[C@@H](NC(=O)OC)C(C)C)[nH]4)ccc3-2)[nH]1)C(C)C. The van der Waals surface area contributed by atoms with E-state index in [9.17, 15) is 19.2 Å². The highest BCUT2D eigenvalue weighted by Crippen LogP contribution is 2.45. The van der Waals surface area contributed by atoms with Gasteiger partial charge in [0, 0.05) is 28.6 Å². The molecule has 5 atom stereocenters. The maximum atomic E-state index is 14.1. The number of carbonyl (C=O) groups excluding carboxylic acids is 4. The number of H-pyrrole nitrogens is 2. The summed E-state index contributed by atoms with van der Waals surface area (Å²) in [4.78, 5) is 70.5. The Labute approximate surface area is 362 Å². The molecule has 0 radical (unpaired) electrons. The van der Waals surface area contributed by atoms with Crippen molar-refractivity contribution in [1.82, 2.24) is 44.6 Å². The third-order valence-corrected chi connectivity index (χ3v) is 16.1. The summed E-state index contributed by atoms with van der Waals surface area (Å²) in [5.74, 6) is 1.70. The molecule has 6 heterocycles. The third-order valence-electron chi connectivity index (χ3n) is 12.8. The molecule has 3 aliphatic rings. The van der Waals surface area contributed by atoms with Gasteiger partial charge in [0.15, 0.2) is 14.5 Å². The van der Waals surface area contributed by atoms with E-state index in [1.54, 1.807) is 0 Å². The number of methoxy groups -OCH3 is 2. The van der Waals surface area contributed by atoms with Gasteiger partial charge in [-0.2, -0.15) is 0 Å². The summed E-state index contributed by atoms with van der Waals surface area (Å²) in [6.45, 7) is 14.6. The summed E-state index contributed by atoms with van der Waals surface area (Å²) in [5.41, 5.74) is 6.61. The molecule has 1 unspecified atom stereocenters. The Hall–Kier alpha value is -6.10. The number of rotatable bonds is 10. The number of hydrogen-bond acceptors (Lipinski definition) is 9. The summed E-state index contributed by atoms with van der Waals surface area (Å²) in [6.07, 6.45) is 4.50. The van der Waals surface area contributed by atoms with Crippen molar-refractivity contribution in [3.8, 4) is 39.5 Å². The Morgan fingerprint density at radius 1 is 0.806 bits per heavy atom. The average Bonchev–Trinajstić information content (AvgIpc) is 4.10. The van der Waals surface area contributed by atoms with E-state index >= 15 is 0 Å². The van der Waals surface area contributed by atoms with Gasteiger partial charge >= 0.3 is 12.2 Å². The van der Waals surface area contributed by atoms with Crippen LogP contribution in [0, 0.1) is 11.8 Å². The van der Waals surface area contributed by atoms with E-state index in [0.717, 1.165) is 81.6 Å². The predicted molar refractivity (Wildman–Crippen MR) is 236 cm³/mol. The standard InChI is InChI=1S/C45H57N9O7Si/c1-24(2)38(50-44(57)59-6)42(55)52-17-10-11-34(52)40-46-22-31(48-40)27-13-15-33-29(19-27)20-36-30-14-12-28(21-37(30)61-26(5)53(33)36)32-23-47-41(49-32)35-16-18-62(8,9)54(35)43(56)39(25(3)4)51-45(58)60-7/h12-15,19-26,34-35,38-39H,10-11,16-18H2,1-9H3,(H,46,48)(H,47,49)(H,50,57)(H,51,58)/t26?,34-,35-,38-,39-/m0/s1. The Morgan fingerprint density at radius 2 is 1.40 bits per heavy atom. The molecule has 4 N–H and O–H groups in total. The molecule has 3 aromatic heterocycles. The van der Waals surface area contributed by atoms with Crippen LogP contribution >= 0.6 is 0 Å². The van der Waals surface area contributed by atoms with Gasteiger partial charge in [0.05, 0.1) is 61.3 Å². The minimum Gasteiger partial charge on any atom is -0.470 e. The number of imidazole rings is 2. The monoisotopic (exact) mass is 863 g/mol. The van der Waals surface area contributed by atoms with Gasteiger partial charge in [-0.15, -0.1) is 0 Å². The molecule has 62 heavy (non-hydrogen) atoms. The van der Waals surface area contributed by atoms with E-state index in [0.29, 0.717) is 12.4 Å². The number of carbonyl (C=O) groups is 4. The van der Waals surface area contributed by atoms with Crippen molar-refractivity contribution in [3.05, 3.63) is 66.5 Å². The van der Waals surface area contributed by atoms with Crippen LogP contribution in [0.2, 0.25) is 19.1 Å². The van der Waals surface area contributed by atoms with Gasteiger partial charge in [-0.05, 0) is 74.4 Å². The van der Waals surface area contributed by atoms with Gasteiger partial charge in [0.25, 0.3) is 0 Å². The average molecular weight is 864 g/mol. The molecule has 2 saturated heterocycles. The normalized spacial score (nSPS) is 20.1. The summed E-state index contributed by atoms with van der Waals surface area (Å²) in [6, 6.07) is 13.7. The molecule has 4 amide bonds. The molecule has 5 aromatic rings. The maximum absolute atomic E-state index is 14.1. The second kappa shape index (κ2) is 16.6. The van der Waals surface area contributed by atoms with E-state index in [1.165, 1.54) is 14.2 Å². The van der Waals surface area contributed by atoms with Gasteiger partial charge in [0.1, 0.15) is 29.5 Å². The second-order valence-corrected chi connectivity index (χ2v) is 22.6. The summed E-state index contributed by atoms with van der Waals surface area (Å²) < 4.78 is 20.4. The van der Waals surface area contributed by atoms with Crippen molar-refractivity contribution < 1.29 is 33.4 Å². The zero-order valence-electron chi connectivity index (χ0n) is 36.9. The van der Waals surface area contributed by atoms with Crippen LogP contribution in [0.4, 0.5) is 9.59 Å². The number of likely N-dealkylation sites (tertiary alicyclic amines) is 1. The van der Waals surface area contributed by atoms with Crippen LogP contribution in [0.15, 0.2) is 54.9 Å². The first-order valence-corrected chi connectivity index (χ1v) is 24.6. The zero-order chi connectivity index (χ0) is 44.2. The molecular formula is C45H57N9O7Si. The molecule has 0 aliphatic carbocycles.